The molecule has 2 heterocycles. The second-order valence-corrected chi connectivity index (χ2v) is 8.61. The topological polar surface area (TPSA) is 88.6 Å². The smallest absolute Gasteiger partial charge is 0.164 e. The highest BCUT2D eigenvalue weighted by atomic mass is 16.5. The van der Waals surface area contributed by atoms with Gasteiger partial charge >= 0.3 is 0 Å². The molecule has 1 aliphatic rings. The lowest BCUT2D eigenvalue weighted by Crippen LogP contribution is -2.07. The van der Waals surface area contributed by atoms with Crippen molar-refractivity contribution < 1.29 is 4.74 Å². The summed E-state index contributed by atoms with van der Waals surface area (Å²) < 4.78 is 7.41. The summed E-state index contributed by atoms with van der Waals surface area (Å²) in [6, 6.07) is 12.1. The van der Waals surface area contributed by atoms with Crippen molar-refractivity contribution in [2.24, 2.45) is 7.05 Å². The van der Waals surface area contributed by atoms with Crippen molar-refractivity contribution in [1.29, 1.82) is 5.26 Å². The fourth-order valence-electron chi connectivity index (χ4n) is 3.82. The second kappa shape index (κ2) is 10.4. The number of pyridine rings is 1. The van der Waals surface area contributed by atoms with Crippen LogP contribution in [0.1, 0.15) is 43.9 Å². The van der Waals surface area contributed by atoms with Gasteiger partial charge in [-0.25, -0.2) is 4.98 Å². The van der Waals surface area contributed by atoms with Crippen LogP contribution < -0.4 is 5.32 Å². The van der Waals surface area contributed by atoms with E-state index in [1.165, 1.54) is 0 Å². The maximum Gasteiger partial charge on any atom is 0.164 e. The van der Waals surface area contributed by atoms with Crippen LogP contribution in [0.25, 0.3) is 22.5 Å². The van der Waals surface area contributed by atoms with Crippen LogP contribution in [0.3, 0.4) is 0 Å². The van der Waals surface area contributed by atoms with E-state index in [0.29, 0.717) is 30.5 Å². The molecule has 7 nitrogen and oxygen atoms in total. The number of nitrogens with one attached hydrogen (secondary N) is 1. The number of benzene rings is 1. The van der Waals surface area contributed by atoms with Gasteiger partial charge in [0, 0.05) is 37.4 Å². The summed E-state index contributed by atoms with van der Waals surface area (Å²) in [5, 5.41) is 21.2. The molecule has 2 aromatic heterocycles. The molecule has 0 aliphatic heterocycles. The molecule has 3 aromatic rings. The number of ether oxygens (including phenoxy) is 1. The fourth-order valence-corrected chi connectivity index (χ4v) is 3.82. The zero-order valence-corrected chi connectivity index (χ0v) is 20.0. The summed E-state index contributed by atoms with van der Waals surface area (Å²) in [5.74, 6) is 2.01. The number of aromatic nitrogens is 4. The van der Waals surface area contributed by atoms with Crippen LogP contribution in [0.4, 0.5) is 5.82 Å². The van der Waals surface area contributed by atoms with Crippen LogP contribution in [-0.4, -0.2) is 39.0 Å². The summed E-state index contributed by atoms with van der Waals surface area (Å²) in [6.45, 7) is 9.41. The summed E-state index contributed by atoms with van der Waals surface area (Å²) in [4.78, 5) is 4.87. The van der Waals surface area contributed by atoms with Gasteiger partial charge in [0.15, 0.2) is 5.82 Å². The number of hydrogen-bond acceptors (Lipinski definition) is 6. The summed E-state index contributed by atoms with van der Waals surface area (Å²) in [5.41, 5.74) is 5.51. The van der Waals surface area contributed by atoms with Gasteiger partial charge in [-0.3, -0.25) is 0 Å². The van der Waals surface area contributed by atoms with Crippen LogP contribution in [-0.2, 0) is 11.8 Å². The van der Waals surface area contributed by atoms with Crippen molar-refractivity contribution in [2.45, 2.75) is 38.7 Å². The Bertz CT molecular complexity index is 1250. The Morgan fingerprint density at radius 2 is 2.15 bits per heavy atom. The summed E-state index contributed by atoms with van der Waals surface area (Å²) in [6.07, 6.45) is 8.04. The Labute approximate surface area is 200 Å². The van der Waals surface area contributed by atoms with Gasteiger partial charge in [0.2, 0.25) is 0 Å². The number of aryl methyl sites for hydroxylation is 1. The van der Waals surface area contributed by atoms with Gasteiger partial charge in [0.1, 0.15) is 12.1 Å². The molecular formula is C27H30N6O. The van der Waals surface area contributed by atoms with Crippen molar-refractivity contribution in [3.8, 4) is 28.6 Å². The van der Waals surface area contributed by atoms with Crippen LogP contribution in [0.2, 0.25) is 0 Å². The average Bonchev–Trinajstić information content (AvgIpc) is 3.61. The molecule has 1 atom stereocenters. The second-order valence-electron chi connectivity index (χ2n) is 8.61. The van der Waals surface area contributed by atoms with E-state index in [1.54, 1.807) is 6.33 Å². The van der Waals surface area contributed by atoms with Gasteiger partial charge < -0.3 is 14.6 Å². The Balaban J connectivity index is 1.65. The molecule has 1 aromatic carbocycles. The first kappa shape index (κ1) is 23.4. The molecule has 0 saturated heterocycles. The van der Waals surface area contributed by atoms with Crippen molar-refractivity contribution in [3.63, 3.8) is 0 Å². The number of nitriles is 1. The van der Waals surface area contributed by atoms with Crippen LogP contribution in [0, 0.1) is 11.3 Å². The van der Waals surface area contributed by atoms with Crippen molar-refractivity contribution in [1.82, 2.24) is 19.7 Å². The Morgan fingerprint density at radius 3 is 2.82 bits per heavy atom. The first-order valence-electron chi connectivity index (χ1n) is 11.6. The van der Waals surface area contributed by atoms with Gasteiger partial charge in [-0.1, -0.05) is 24.8 Å². The average molecular weight is 455 g/mol. The predicted octanol–water partition coefficient (Wildman–Crippen LogP) is 5.24. The number of rotatable bonds is 10. The molecule has 174 valence electrons. The van der Waals surface area contributed by atoms with Crippen molar-refractivity contribution in [3.05, 3.63) is 72.2 Å². The quantitative estimate of drug-likeness (QED) is 0.421. The lowest BCUT2D eigenvalue weighted by molar-refractivity contribution is 0.109. The molecular weight excluding hydrogens is 424 g/mol. The third kappa shape index (κ3) is 5.59. The molecule has 1 aliphatic carbocycles. The van der Waals surface area contributed by atoms with E-state index in [1.807, 2.05) is 61.9 Å². The highest BCUT2D eigenvalue weighted by Gasteiger charge is 2.26. The minimum atomic E-state index is 0.0556. The number of hydrogen-bond donors (Lipinski definition) is 1. The Hall–Kier alpha value is -3.76. The van der Waals surface area contributed by atoms with E-state index in [0.717, 1.165) is 46.6 Å². The molecule has 1 saturated carbocycles. The Kier molecular flexibility index (Phi) is 7.19. The van der Waals surface area contributed by atoms with Gasteiger partial charge in [-0.15, -0.1) is 10.2 Å². The normalized spacial score (nSPS) is 14.2. The third-order valence-electron chi connectivity index (χ3n) is 5.78. The maximum atomic E-state index is 9.45. The number of nitrogens with zero attached hydrogens (tertiary/aromatic N) is 5. The molecule has 7 heteroatoms. The van der Waals surface area contributed by atoms with E-state index in [9.17, 15) is 5.26 Å². The zero-order valence-electron chi connectivity index (χ0n) is 20.0. The SMILES string of the molecule is C=C(/C=C\C(C)OCC)CNc1cc(-c2ccc(C#N)cc2-c2nncn2C)cc(C2CC2)n1. The van der Waals surface area contributed by atoms with E-state index >= 15 is 0 Å². The lowest BCUT2D eigenvalue weighted by atomic mass is 9.96. The zero-order chi connectivity index (χ0) is 24.1. The summed E-state index contributed by atoms with van der Waals surface area (Å²) >= 11 is 0. The molecule has 1 N–H and O–H groups in total. The number of anilines is 1. The molecule has 0 amide bonds. The minimum Gasteiger partial charge on any atom is -0.375 e. The molecule has 4 rings (SSSR count). The highest BCUT2D eigenvalue weighted by molar-refractivity contribution is 5.83. The maximum absolute atomic E-state index is 9.45. The molecule has 1 unspecified atom stereocenters. The van der Waals surface area contributed by atoms with E-state index in [2.05, 4.69) is 34.2 Å². The van der Waals surface area contributed by atoms with Crippen LogP contribution in [0.5, 0.6) is 0 Å². The van der Waals surface area contributed by atoms with E-state index < -0.39 is 0 Å². The highest BCUT2D eigenvalue weighted by Crippen LogP contribution is 2.42. The molecule has 0 bridgehead atoms. The molecule has 34 heavy (non-hydrogen) atoms. The largest absolute Gasteiger partial charge is 0.375 e. The van der Waals surface area contributed by atoms with E-state index in [-0.39, 0.29) is 6.10 Å². The summed E-state index contributed by atoms with van der Waals surface area (Å²) in [7, 11) is 1.90. The monoisotopic (exact) mass is 454 g/mol. The molecule has 0 spiro atoms. The first-order valence-corrected chi connectivity index (χ1v) is 11.6. The Morgan fingerprint density at radius 1 is 1.32 bits per heavy atom. The molecule has 1 fully saturated rings. The first-order chi connectivity index (χ1) is 16.5. The van der Waals surface area contributed by atoms with Gasteiger partial charge in [0.25, 0.3) is 0 Å². The van der Waals surface area contributed by atoms with Crippen molar-refractivity contribution >= 4 is 5.82 Å². The minimum absolute atomic E-state index is 0.0556. The van der Waals surface area contributed by atoms with E-state index in [4.69, 9.17) is 9.72 Å². The van der Waals surface area contributed by atoms with Crippen LogP contribution >= 0.6 is 0 Å². The van der Waals surface area contributed by atoms with Gasteiger partial charge in [-0.2, -0.15) is 5.26 Å². The molecule has 0 radical (unpaired) electrons. The van der Waals surface area contributed by atoms with Gasteiger partial charge in [-0.05, 0) is 67.7 Å². The lowest BCUT2D eigenvalue weighted by Gasteiger charge is -2.14. The standard InChI is InChI=1S/C27H30N6O/c1-5-34-19(3)7-6-18(2)16-29-26-14-22(13-25(31-26)21-9-10-21)23-11-8-20(15-28)12-24(23)27-32-30-17-33(27)4/h6-8,11-14,17,19,21H,2,5,9-10,16H2,1,3-4H3,(H,29,31)/b7-6-. The van der Waals surface area contributed by atoms with Gasteiger partial charge in [0.05, 0.1) is 17.7 Å². The third-order valence-corrected chi connectivity index (χ3v) is 5.78. The van der Waals surface area contributed by atoms with Crippen LogP contribution in [0.15, 0.2) is 61.0 Å². The predicted molar refractivity (Wildman–Crippen MR) is 134 cm³/mol. The van der Waals surface area contributed by atoms with Crippen molar-refractivity contribution in [2.75, 3.05) is 18.5 Å². The fraction of sp³-hybridized carbons (Fsp3) is 0.333.